The Morgan fingerprint density at radius 1 is 1.13 bits per heavy atom. The fourth-order valence-electron chi connectivity index (χ4n) is 2.59. The molecule has 1 N–H and O–H groups in total. The number of halogens is 1. The van der Waals surface area contributed by atoms with Gasteiger partial charge in [-0.3, -0.25) is 9.88 Å². The van der Waals surface area contributed by atoms with Crippen molar-refractivity contribution >= 4 is 27.6 Å². The Balaban J connectivity index is 1.48. The van der Waals surface area contributed by atoms with Crippen molar-refractivity contribution in [1.29, 1.82) is 0 Å². The Morgan fingerprint density at radius 3 is 2.52 bits per heavy atom. The number of hydrogen-bond acceptors (Lipinski definition) is 3. The molecule has 5 nitrogen and oxygen atoms in total. The number of hydrogen-bond donors (Lipinski definition) is 1. The molecule has 1 fully saturated rings. The molecule has 1 aliphatic heterocycles. The van der Waals surface area contributed by atoms with E-state index in [-0.39, 0.29) is 6.03 Å². The quantitative estimate of drug-likeness (QED) is 0.897. The third kappa shape index (κ3) is 4.53. The molecule has 23 heavy (non-hydrogen) atoms. The van der Waals surface area contributed by atoms with Crippen molar-refractivity contribution in [1.82, 2.24) is 14.8 Å². The molecular weight excluding hydrogens is 356 g/mol. The first-order valence-electron chi connectivity index (χ1n) is 7.63. The van der Waals surface area contributed by atoms with Crippen LogP contribution < -0.4 is 5.32 Å². The van der Waals surface area contributed by atoms with Crippen molar-refractivity contribution in [2.45, 2.75) is 6.54 Å². The maximum atomic E-state index is 12.3. The molecule has 0 radical (unpaired) electrons. The molecule has 0 spiro atoms. The van der Waals surface area contributed by atoms with Gasteiger partial charge < -0.3 is 10.2 Å². The standard InChI is InChI=1S/C17H19BrN4O/c18-15-3-5-16(6-4-15)20-17(23)22-10-8-21(9-11-22)13-14-2-1-7-19-12-14/h1-7,12H,8-11,13H2,(H,20,23). The highest BCUT2D eigenvalue weighted by atomic mass is 79.9. The van der Waals surface area contributed by atoms with Crippen LogP contribution in [-0.4, -0.2) is 47.0 Å². The van der Waals surface area contributed by atoms with Gasteiger partial charge in [-0.05, 0) is 35.9 Å². The number of carbonyl (C=O) groups is 1. The van der Waals surface area contributed by atoms with Crippen LogP contribution in [0.15, 0.2) is 53.3 Å². The highest BCUT2D eigenvalue weighted by Crippen LogP contribution is 2.15. The minimum Gasteiger partial charge on any atom is -0.322 e. The third-order valence-electron chi connectivity index (χ3n) is 3.88. The van der Waals surface area contributed by atoms with Gasteiger partial charge in [-0.1, -0.05) is 22.0 Å². The maximum absolute atomic E-state index is 12.3. The third-order valence-corrected chi connectivity index (χ3v) is 4.41. The molecule has 0 saturated carbocycles. The van der Waals surface area contributed by atoms with Gasteiger partial charge in [0.2, 0.25) is 0 Å². The molecule has 1 aromatic carbocycles. The zero-order valence-corrected chi connectivity index (χ0v) is 14.4. The summed E-state index contributed by atoms with van der Waals surface area (Å²) < 4.78 is 1.000. The molecule has 0 aliphatic carbocycles. The Labute approximate surface area is 144 Å². The van der Waals surface area contributed by atoms with Crippen molar-refractivity contribution in [3.63, 3.8) is 0 Å². The fourth-order valence-corrected chi connectivity index (χ4v) is 2.86. The zero-order chi connectivity index (χ0) is 16.1. The highest BCUT2D eigenvalue weighted by molar-refractivity contribution is 9.10. The van der Waals surface area contributed by atoms with Gasteiger partial charge in [-0.2, -0.15) is 0 Å². The monoisotopic (exact) mass is 374 g/mol. The molecule has 0 atom stereocenters. The molecule has 2 amide bonds. The largest absolute Gasteiger partial charge is 0.322 e. The number of nitrogens with one attached hydrogen (secondary N) is 1. The summed E-state index contributed by atoms with van der Waals surface area (Å²) in [4.78, 5) is 20.6. The summed E-state index contributed by atoms with van der Waals surface area (Å²) in [6, 6.07) is 11.6. The van der Waals surface area contributed by atoms with Crippen LogP contribution in [0.2, 0.25) is 0 Å². The van der Waals surface area contributed by atoms with Gasteiger partial charge in [0.1, 0.15) is 0 Å². The topological polar surface area (TPSA) is 48.5 Å². The molecular formula is C17H19BrN4O. The van der Waals surface area contributed by atoms with Gasteiger partial charge in [0.25, 0.3) is 0 Å². The number of nitrogens with zero attached hydrogens (tertiary/aromatic N) is 3. The lowest BCUT2D eigenvalue weighted by Crippen LogP contribution is -2.49. The van der Waals surface area contributed by atoms with Crippen LogP contribution in [0, 0.1) is 0 Å². The molecule has 3 rings (SSSR count). The lowest BCUT2D eigenvalue weighted by atomic mass is 10.2. The van der Waals surface area contributed by atoms with E-state index in [1.54, 1.807) is 6.20 Å². The number of piperazine rings is 1. The first-order chi connectivity index (χ1) is 11.2. The van der Waals surface area contributed by atoms with Crippen LogP contribution in [0.3, 0.4) is 0 Å². The van der Waals surface area contributed by atoms with Gasteiger partial charge >= 0.3 is 6.03 Å². The van der Waals surface area contributed by atoms with Crippen molar-refractivity contribution < 1.29 is 4.79 Å². The Kier molecular flexibility index (Phi) is 5.25. The van der Waals surface area contributed by atoms with Crippen LogP contribution in [0.5, 0.6) is 0 Å². The summed E-state index contributed by atoms with van der Waals surface area (Å²) in [6.45, 7) is 4.12. The molecule has 0 unspecified atom stereocenters. The van der Waals surface area contributed by atoms with Crippen molar-refractivity contribution in [3.05, 3.63) is 58.8 Å². The number of amides is 2. The Hall–Kier alpha value is -1.92. The minimum atomic E-state index is -0.0339. The summed E-state index contributed by atoms with van der Waals surface area (Å²) in [5.41, 5.74) is 2.02. The first kappa shape index (κ1) is 16.0. The number of pyridine rings is 1. The van der Waals surface area contributed by atoms with Gasteiger partial charge in [-0.15, -0.1) is 0 Å². The van der Waals surface area contributed by atoms with Gasteiger partial charge in [-0.25, -0.2) is 4.79 Å². The second kappa shape index (κ2) is 7.57. The van der Waals surface area contributed by atoms with Gasteiger partial charge in [0, 0.05) is 55.3 Å². The molecule has 120 valence electrons. The smallest absolute Gasteiger partial charge is 0.321 e. The number of carbonyl (C=O) groups excluding carboxylic acids is 1. The van der Waals surface area contributed by atoms with E-state index in [4.69, 9.17) is 0 Å². The SMILES string of the molecule is O=C(Nc1ccc(Br)cc1)N1CCN(Cc2cccnc2)CC1. The molecule has 2 aromatic rings. The molecule has 1 aromatic heterocycles. The summed E-state index contributed by atoms with van der Waals surface area (Å²) >= 11 is 3.39. The van der Waals surface area contributed by atoms with Gasteiger partial charge in [0.05, 0.1) is 0 Å². The van der Waals surface area contributed by atoms with E-state index < -0.39 is 0 Å². The van der Waals surface area contributed by atoms with Crippen LogP contribution in [0.25, 0.3) is 0 Å². The molecule has 0 bridgehead atoms. The average Bonchev–Trinajstić information content (AvgIpc) is 2.58. The molecule has 2 heterocycles. The number of anilines is 1. The predicted octanol–water partition coefficient (Wildman–Crippen LogP) is 3.19. The van der Waals surface area contributed by atoms with Crippen LogP contribution in [-0.2, 0) is 6.54 Å². The summed E-state index contributed by atoms with van der Waals surface area (Å²) in [7, 11) is 0. The average molecular weight is 375 g/mol. The second-order valence-electron chi connectivity index (χ2n) is 5.56. The molecule has 6 heteroatoms. The summed E-state index contributed by atoms with van der Waals surface area (Å²) in [5.74, 6) is 0. The van der Waals surface area contributed by atoms with Crippen LogP contribution >= 0.6 is 15.9 Å². The Morgan fingerprint density at radius 2 is 1.87 bits per heavy atom. The molecule has 1 saturated heterocycles. The van der Waals surface area contributed by atoms with Gasteiger partial charge in [0.15, 0.2) is 0 Å². The van der Waals surface area contributed by atoms with E-state index in [1.807, 2.05) is 41.4 Å². The predicted molar refractivity (Wildman–Crippen MR) is 94.2 cm³/mol. The second-order valence-corrected chi connectivity index (χ2v) is 6.48. The number of urea groups is 1. The van der Waals surface area contributed by atoms with E-state index in [1.165, 1.54) is 5.56 Å². The maximum Gasteiger partial charge on any atom is 0.321 e. The van der Waals surface area contributed by atoms with E-state index in [0.29, 0.717) is 0 Å². The normalized spacial score (nSPS) is 15.4. The van der Waals surface area contributed by atoms with E-state index >= 15 is 0 Å². The van der Waals surface area contributed by atoms with E-state index in [9.17, 15) is 4.79 Å². The highest BCUT2D eigenvalue weighted by Gasteiger charge is 2.21. The van der Waals surface area contributed by atoms with Crippen LogP contribution in [0.1, 0.15) is 5.56 Å². The fraction of sp³-hybridized carbons (Fsp3) is 0.294. The van der Waals surface area contributed by atoms with Crippen molar-refractivity contribution in [2.24, 2.45) is 0 Å². The number of benzene rings is 1. The minimum absolute atomic E-state index is 0.0339. The Bertz CT molecular complexity index is 639. The van der Waals surface area contributed by atoms with Crippen LogP contribution in [0.4, 0.5) is 10.5 Å². The lowest BCUT2D eigenvalue weighted by molar-refractivity contribution is 0.143. The van der Waals surface area contributed by atoms with Crippen molar-refractivity contribution in [3.8, 4) is 0 Å². The van der Waals surface area contributed by atoms with Crippen molar-refractivity contribution in [2.75, 3.05) is 31.5 Å². The number of aromatic nitrogens is 1. The summed E-state index contributed by atoms with van der Waals surface area (Å²) in [5, 5.41) is 2.94. The van der Waals surface area contributed by atoms with E-state index in [2.05, 4.69) is 37.2 Å². The lowest BCUT2D eigenvalue weighted by Gasteiger charge is -2.34. The zero-order valence-electron chi connectivity index (χ0n) is 12.8. The number of rotatable bonds is 3. The summed E-state index contributed by atoms with van der Waals surface area (Å²) in [6.07, 6.45) is 3.68. The first-order valence-corrected chi connectivity index (χ1v) is 8.43. The molecule has 1 aliphatic rings. The van der Waals surface area contributed by atoms with E-state index in [0.717, 1.165) is 42.9 Å².